The molecule has 3 aromatic carbocycles. The highest BCUT2D eigenvalue weighted by atomic mass is 32.2. The van der Waals surface area contributed by atoms with E-state index in [1.165, 1.54) is 12.1 Å². The minimum absolute atomic E-state index is 0.221. The number of hydrogen-bond donors (Lipinski definition) is 0. The molecule has 44 heavy (non-hydrogen) atoms. The number of β-lactam (4-membered cyclic amide) rings is 1. The van der Waals surface area contributed by atoms with Crippen LogP contribution >= 0.6 is 11.8 Å². The molecule has 0 unspecified atom stereocenters. The standard InChI is InChI=1S/C29H23F3N2O8S2/c1-18(35)34(41-21-15-9-4-10-16-21)24-26(36)33-23(22(17-43-27(24)33)42-44(38,39)29(30,31)32)28(37)40-25(19-11-5-2-6-12-19)20-13-7-3-8-14-20/h2-16,24-25,27H,17H2,1H3/t24-,27-/m1/s1. The fraction of sp³-hybridized carbons (Fsp3) is 0.207. The topological polar surface area (TPSA) is 120 Å². The Morgan fingerprint density at radius 2 is 1.45 bits per heavy atom. The average Bonchev–Trinajstić information content (AvgIpc) is 3.00. The summed E-state index contributed by atoms with van der Waals surface area (Å²) in [4.78, 5) is 46.3. The van der Waals surface area contributed by atoms with Crippen LogP contribution in [0.15, 0.2) is 102 Å². The van der Waals surface area contributed by atoms with Gasteiger partial charge in [0.1, 0.15) is 5.37 Å². The van der Waals surface area contributed by atoms with Gasteiger partial charge >= 0.3 is 21.6 Å². The molecular formula is C29H23F3N2O8S2. The van der Waals surface area contributed by atoms with Crippen molar-refractivity contribution in [1.82, 2.24) is 9.96 Å². The van der Waals surface area contributed by atoms with Gasteiger partial charge in [-0.1, -0.05) is 78.9 Å². The maximum absolute atomic E-state index is 13.8. The van der Waals surface area contributed by atoms with Gasteiger partial charge in [0.2, 0.25) is 0 Å². The van der Waals surface area contributed by atoms with E-state index in [1.54, 1.807) is 78.9 Å². The Balaban J connectivity index is 1.53. The van der Waals surface area contributed by atoms with Gasteiger partial charge in [-0.2, -0.15) is 26.7 Å². The number of hydrogen-bond acceptors (Lipinski definition) is 9. The van der Waals surface area contributed by atoms with Crippen molar-refractivity contribution < 1.29 is 49.7 Å². The lowest BCUT2D eigenvalue weighted by Gasteiger charge is -2.51. The second-order valence-electron chi connectivity index (χ2n) is 9.47. The predicted molar refractivity (Wildman–Crippen MR) is 150 cm³/mol. The van der Waals surface area contributed by atoms with Gasteiger partial charge in [-0.3, -0.25) is 14.5 Å². The third kappa shape index (κ3) is 6.10. The zero-order chi connectivity index (χ0) is 31.6. The number of rotatable bonds is 9. The first-order chi connectivity index (χ1) is 20.9. The Morgan fingerprint density at radius 3 is 1.95 bits per heavy atom. The van der Waals surface area contributed by atoms with Gasteiger partial charge in [0.05, 0.1) is 5.75 Å². The minimum Gasteiger partial charge on any atom is -0.448 e. The summed E-state index contributed by atoms with van der Waals surface area (Å²) in [6, 6.07) is 23.5. The van der Waals surface area contributed by atoms with E-state index in [0.717, 1.165) is 28.6 Å². The summed E-state index contributed by atoms with van der Waals surface area (Å²) < 4.78 is 74.0. The normalized spacial score (nSPS) is 18.3. The summed E-state index contributed by atoms with van der Waals surface area (Å²) in [6.07, 6.45) is -1.09. The number of carbonyl (C=O) groups excluding carboxylic acids is 3. The maximum Gasteiger partial charge on any atom is 0.534 e. The Labute approximate surface area is 254 Å². The molecule has 2 aliphatic rings. The molecule has 5 rings (SSSR count). The number of halogens is 3. The number of esters is 1. The molecule has 15 heteroatoms. The lowest BCUT2D eigenvalue weighted by molar-refractivity contribution is -0.188. The number of amides is 2. The second kappa shape index (κ2) is 12.2. The highest BCUT2D eigenvalue weighted by Gasteiger charge is 2.60. The third-order valence-electron chi connectivity index (χ3n) is 6.53. The van der Waals surface area contributed by atoms with Crippen molar-refractivity contribution in [1.29, 1.82) is 0 Å². The molecule has 2 aliphatic heterocycles. The SMILES string of the molecule is CC(=O)N(Oc1ccccc1)[C@@H]1C(=O)N2C(C(=O)OC(c3ccccc3)c3ccccc3)=C(OS(=O)(=O)C(F)(F)F)CS[C@H]12. The number of benzene rings is 3. The van der Waals surface area contributed by atoms with Crippen LogP contribution in [0.4, 0.5) is 13.2 Å². The van der Waals surface area contributed by atoms with E-state index in [1.807, 2.05) is 0 Å². The number of alkyl halides is 3. The Hall–Kier alpha value is -4.50. The van der Waals surface area contributed by atoms with Crippen LogP contribution in [0.1, 0.15) is 24.2 Å². The Kier molecular flexibility index (Phi) is 8.61. The van der Waals surface area contributed by atoms with Gasteiger partial charge in [-0.05, 0) is 23.3 Å². The summed E-state index contributed by atoms with van der Waals surface area (Å²) >= 11 is 0.782. The highest BCUT2D eigenvalue weighted by Crippen LogP contribution is 2.45. The lowest BCUT2D eigenvalue weighted by Crippen LogP contribution is -2.71. The van der Waals surface area contributed by atoms with Crippen LogP contribution in [0.3, 0.4) is 0 Å². The van der Waals surface area contributed by atoms with Gasteiger partial charge in [0, 0.05) is 6.92 Å². The van der Waals surface area contributed by atoms with Gasteiger partial charge in [0.25, 0.3) is 11.8 Å². The Bertz CT molecular complexity index is 1650. The third-order valence-corrected chi connectivity index (χ3v) is 8.76. The van der Waals surface area contributed by atoms with Crippen LogP contribution in [0.25, 0.3) is 0 Å². The number of ether oxygens (including phenoxy) is 1. The van der Waals surface area contributed by atoms with E-state index in [4.69, 9.17) is 9.57 Å². The second-order valence-corrected chi connectivity index (χ2v) is 12.1. The smallest absolute Gasteiger partial charge is 0.448 e. The highest BCUT2D eigenvalue weighted by molar-refractivity contribution is 8.00. The molecule has 0 N–H and O–H groups in total. The number of thioether (sulfide) groups is 1. The van der Waals surface area contributed by atoms with E-state index >= 15 is 0 Å². The number of hydroxylamine groups is 2. The summed E-state index contributed by atoms with van der Waals surface area (Å²) in [7, 11) is -6.22. The molecule has 0 saturated carbocycles. The number of nitrogens with zero attached hydrogens (tertiary/aromatic N) is 2. The fourth-order valence-electron chi connectivity index (χ4n) is 4.55. The van der Waals surface area contributed by atoms with Crippen LogP contribution in [-0.2, 0) is 33.4 Å². The molecule has 2 heterocycles. The largest absolute Gasteiger partial charge is 0.534 e. The van der Waals surface area contributed by atoms with E-state index in [2.05, 4.69) is 4.18 Å². The average molecular weight is 649 g/mol. The molecule has 0 aromatic heterocycles. The van der Waals surface area contributed by atoms with Crippen molar-refractivity contribution in [3.8, 4) is 5.75 Å². The van der Waals surface area contributed by atoms with Crippen molar-refractivity contribution in [2.45, 2.75) is 30.0 Å². The monoisotopic (exact) mass is 648 g/mol. The van der Waals surface area contributed by atoms with Crippen molar-refractivity contribution in [2.75, 3.05) is 5.75 Å². The summed E-state index contributed by atoms with van der Waals surface area (Å²) in [5, 5.41) is -0.255. The molecule has 2 atom stereocenters. The molecule has 10 nitrogen and oxygen atoms in total. The summed E-state index contributed by atoms with van der Waals surface area (Å²) in [5.41, 5.74) is -5.66. The first-order valence-corrected chi connectivity index (χ1v) is 15.4. The van der Waals surface area contributed by atoms with Crippen molar-refractivity contribution in [2.24, 2.45) is 0 Å². The molecule has 0 aliphatic carbocycles. The summed E-state index contributed by atoms with van der Waals surface area (Å²) in [5.74, 6) is -4.22. The van der Waals surface area contributed by atoms with E-state index in [-0.39, 0.29) is 5.75 Å². The van der Waals surface area contributed by atoms with Crippen LogP contribution in [0.5, 0.6) is 5.75 Å². The molecule has 2 amide bonds. The molecular weight excluding hydrogens is 625 g/mol. The number of carbonyl (C=O) groups is 3. The molecule has 1 fully saturated rings. The van der Waals surface area contributed by atoms with Crippen LogP contribution in [0.2, 0.25) is 0 Å². The van der Waals surface area contributed by atoms with Gasteiger partial charge < -0.3 is 13.8 Å². The molecule has 0 radical (unpaired) electrons. The molecule has 230 valence electrons. The van der Waals surface area contributed by atoms with Crippen molar-refractivity contribution >= 4 is 39.7 Å². The number of para-hydroxylation sites is 1. The number of fused-ring (bicyclic) bond motifs is 1. The molecule has 0 spiro atoms. The first kappa shape index (κ1) is 30.9. The first-order valence-electron chi connectivity index (χ1n) is 12.9. The van der Waals surface area contributed by atoms with Gasteiger partial charge in [0.15, 0.2) is 29.4 Å². The lowest BCUT2D eigenvalue weighted by atomic mass is 10.0. The van der Waals surface area contributed by atoms with E-state index < -0.39 is 68.1 Å². The van der Waals surface area contributed by atoms with Crippen LogP contribution in [0, 0.1) is 0 Å². The molecule has 0 bridgehead atoms. The Morgan fingerprint density at radius 1 is 0.932 bits per heavy atom. The minimum atomic E-state index is -6.22. The fourth-order valence-corrected chi connectivity index (χ4v) is 6.40. The quantitative estimate of drug-likeness (QED) is 0.108. The van der Waals surface area contributed by atoms with Crippen molar-refractivity contribution in [3.63, 3.8) is 0 Å². The van der Waals surface area contributed by atoms with Crippen molar-refractivity contribution in [3.05, 3.63) is 114 Å². The zero-order valence-corrected chi connectivity index (χ0v) is 24.3. The van der Waals surface area contributed by atoms with E-state index in [9.17, 15) is 36.0 Å². The van der Waals surface area contributed by atoms with Crippen LogP contribution in [-0.4, -0.2) is 58.8 Å². The van der Waals surface area contributed by atoms with E-state index in [0.29, 0.717) is 11.1 Å². The molecule has 1 saturated heterocycles. The van der Waals surface area contributed by atoms with Gasteiger partial charge in [-0.25, -0.2) is 4.79 Å². The van der Waals surface area contributed by atoms with Gasteiger partial charge in [-0.15, -0.1) is 11.8 Å². The van der Waals surface area contributed by atoms with Crippen LogP contribution < -0.4 is 4.84 Å². The summed E-state index contributed by atoms with van der Waals surface area (Å²) in [6.45, 7) is 1.14. The maximum atomic E-state index is 13.8. The zero-order valence-electron chi connectivity index (χ0n) is 22.7. The molecule has 3 aromatic rings. The predicted octanol–water partition coefficient (Wildman–Crippen LogP) is 4.52.